The van der Waals surface area contributed by atoms with Gasteiger partial charge in [0.15, 0.2) is 5.75 Å². The highest BCUT2D eigenvalue weighted by molar-refractivity contribution is 9.10. The molecule has 6 heteroatoms. The van der Waals surface area contributed by atoms with Gasteiger partial charge in [-0.15, -0.1) is 0 Å². The molecule has 5 nitrogen and oxygen atoms in total. The molecule has 0 radical (unpaired) electrons. The second-order valence-electron chi connectivity index (χ2n) is 4.55. The van der Waals surface area contributed by atoms with E-state index in [1.54, 1.807) is 19.5 Å². The number of hydrogen-bond donors (Lipinski definition) is 1. The predicted octanol–water partition coefficient (Wildman–Crippen LogP) is 2.68. The first-order valence-corrected chi connectivity index (χ1v) is 7.36. The van der Waals surface area contributed by atoms with Crippen LogP contribution in [-0.2, 0) is 7.05 Å². The molecule has 108 valence electrons. The summed E-state index contributed by atoms with van der Waals surface area (Å²) >= 11 is 3.47. The molecule has 2 rings (SSSR count). The summed E-state index contributed by atoms with van der Waals surface area (Å²) < 4.78 is 8.22. The summed E-state index contributed by atoms with van der Waals surface area (Å²) in [6, 6.07) is 2.06. The van der Waals surface area contributed by atoms with Crippen LogP contribution >= 0.6 is 15.9 Å². The number of aromatic nitrogens is 3. The SMILES string of the molecule is CCCNC(c1cncc(Br)c1)c1c(OC)cnn1C. The number of nitrogens with one attached hydrogen (secondary N) is 1. The second-order valence-corrected chi connectivity index (χ2v) is 5.46. The van der Waals surface area contributed by atoms with Crippen molar-refractivity contribution in [1.82, 2.24) is 20.1 Å². The van der Waals surface area contributed by atoms with Crippen LogP contribution < -0.4 is 10.1 Å². The van der Waals surface area contributed by atoms with E-state index in [0.29, 0.717) is 0 Å². The highest BCUT2D eigenvalue weighted by Gasteiger charge is 2.22. The molecule has 1 unspecified atom stereocenters. The van der Waals surface area contributed by atoms with E-state index >= 15 is 0 Å². The molecule has 0 fully saturated rings. The van der Waals surface area contributed by atoms with Crippen molar-refractivity contribution in [3.8, 4) is 5.75 Å². The lowest BCUT2D eigenvalue weighted by molar-refractivity contribution is 0.400. The van der Waals surface area contributed by atoms with Gasteiger partial charge in [0.2, 0.25) is 0 Å². The normalized spacial score (nSPS) is 12.4. The molecule has 20 heavy (non-hydrogen) atoms. The van der Waals surface area contributed by atoms with Crippen molar-refractivity contribution in [3.05, 3.63) is 40.4 Å². The van der Waals surface area contributed by atoms with Crippen molar-refractivity contribution in [2.45, 2.75) is 19.4 Å². The van der Waals surface area contributed by atoms with Gasteiger partial charge in [-0.25, -0.2) is 0 Å². The van der Waals surface area contributed by atoms with Crippen molar-refractivity contribution in [1.29, 1.82) is 0 Å². The van der Waals surface area contributed by atoms with Crippen LogP contribution in [0, 0.1) is 0 Å². The largest absolute Gasteiger partial charge is 0.493 e. The minimum Gasteiger partial charge on any atom is -0.493 e. The van der Waals surface area contributed by atoms with Gasteiger partial charge in [-0.05, 0) is 40.5 Å². The van der Waals surface area contributed by atoms with Crippen molar-refractivity contribution < 1.29 is 4.74 Å². The summed E-state index contributed by atoms with van der Waals surface area (Å²) in [5.74, 6) is 0.779. The fourth-order valence-electron chi connectivity index (χ4n) is 2.16. The lowest BCUT2D eigenvalue weighted by atomic mass is 10.0. The number of pyridine rings is 1. The third-order valence-electron chi connectivity index (χ3n) is 3.10. The molecule has 2 aromatic heterocycles. The molecular formula is C14H19BrN4O. The van der Waals surface area contributed by atoms with Crippen LogP contribution in [-0.4, -0.2) is 28.4 Å². The highest BCUT2D eigenvalue weighted by atomic mass is 79.9. The van der Waals surface area contributed by atoms with E-state index in [2.05, 4.69) is 44.3 Å². The zero-order valence-corrected chi connectivity index (χ0v) is 13.5. The number of methoxy groups -OCH3 is 1. The highest BCUT2D eigenvalue weighted by Crippen LogP contribution is 2.30. The first-order chi connectivity index (χ1) is 9.67. The Morgan fingerprint density at radius 1 is 1.40 bits per heavy atom. The minimum atomic E-state index is 0.00222. The smallest absolute Gasteiger partial charge is 0.161 e. The average molecular weight is 339 g/mol. The molecule has 0 bridgehead atoms. The van der Waals surface area contributed by atoms with Gasteiger partial charge in [0.05, 0.1) is 19.3 Å². The summed E-state index contributed by atoms with van der Waals surface area (Å²) in [5, 5.41) is 7.81. The molecule has 2 heterocycles. The van der Waals surface area contributed by atoms with Gasteiger partial charge in [-0.1, -0.05) is 6.92 Å². The number of rotatable bonds is 6. The summed E-state index contributed by atoms with van der Waals surface area (Å²) in [5.41, 5.74) is 2.08. The molecule has 0 amide bonds. The number of hydrogen-bond acceptors (Lipinski definition) is 4. The number of nitrogens with zero attached hydrogens (tertiary/aromatic N) is 3. The van der Waals surface area contributed by atoms with E-state index in [9.17, 15) is 0 Å². The molecule has 0 aromatic carbocycles. The molecule has 1 N–H and O–H groups in total. The lowest BCUT2D eigenvalue weighted by Gasteiger charge is -2.20. The standard InChI is InChI=1S/C14H19BrN4O/c1-4-5-17-13(10-6-11(15)8-16-7-10)14-12(20-3)9-18-19(14)2/h6-9,13,17H,4-5H2,1-3H3. The Morgan fingerprint density at radius 2 is 2.20 bits per heavy atom. The zero-order chi connectivity index (χ0) is 14.5. The zero-order valence-electron chi connectivity index (χ0n) is 11.9. The maximum absolute atomic E-state index is 5.42. The number of halogens is 1. The Kier molecular flexibility index (Phi) is 5.14. The van der Waals surface area contributed by atoms with Gasteiger partial charge >= 0.3 is 0 Å². The molecule has 0 aliphatic rings. The predicted molar refractivity (Wildman–Crippen MR) is 81.8 cm³/mol. The van der Waals surface area contributed by atoms with Gasteiger partial charge in [0, 0.05) is 23.9 Å². The lowest BCUT2D eigenvalue weighted by Crippen LogP contribution is -2.26. The van der Waals surface area contributed by atoms with Crippen LogP contribution in [0.25, 0.3) is 0 Å². The molecule has 0 aliphatic heterocycles. The fraction of sp³-hybridized carbons (Fsp3) is 0.429. The van der Waals surface area contributed by atoms with Crippen molar-refractivity contribution in [2.24, 2.45) is 7.05 Å². The molecule has 0 saturated heterocycles. The topological polar surface area (TPSA) is 52.0 Å². The summed E-state index contributed by atoms with van der Waals surface area (Å²) in [7, 11) is 3.58. The van der Waals surface area contributed by atoms with E-state index in [0.717, 1.165) is 34.4 Å². The Bertz CT molecular complexity index is 570. The van der Waals surface area contributed by atoms with Crippen LogP contribution in [0.4, 0.5) is 0 Å². The summed E-state index contributed by atoms with van der Waals surface area (Å²) in [4.78, 5) is 4.25. The number of ether oxygens (including phenoxy) is 1. The molecule has 1 atom stereocenters. The van der Waals surface area contributed by atoms with Crippen LogP contribution in [0.3, 0.4) is 0 Å². The Labute approximate surface area is 127 Å². The quantitative estimate of drug-likeness (QED) is 0.879. The van der Waals surface area contributed by atoms with Crippen LogP contribution in [0.15, 0.2) is 29.1 Å². The van der Waals surface area contributed by atoms with Crippen molar-refractivity contribution in [2.75, 3.05) is 13.7 Å². The Hall–Kier alpha value is -1.40. The van der Waals surface area contributed by atoms with Crippen molar-refractivity contribution >= 4 is 15.9 Å². The molecule has 0 spiro atoms. The van der Waals surface area contributed by atoms with Crippen LogP contribution in [0.5, 0.6) is 5.75 Å². The van der Waals surface area contributed by atoms with E-state index in [1.165, 1.54) is 0 Å². The first kappa shape index (κ1) is 15.0. The second kappa shape index (κ2) is 6.85. The molecular weight excluding hydrogens is 320 g/mol. The van der Waals surface area contributed by atoms with Crippen molar-refractivity contribution in [3.63, 3.8) is 0 Å². The Morgan fingerprint density at radius 3 is 2.85 bits per heavy atom. The van der Waals surface area contributed by atoms with Gasteiger partial charge in [-0.3, -0.25) is 9.67 Å². The first-order valence-electron chi connectivity index (χ1n) is 6.57. The van der Waals surface area contributed by atoms with Gasteiger partial charge in [0.1, 0.15) is 5.69 Å². The molecule has 0 saturated carbocycles. The van der Waals surface area contributed by atoms with Gasteiger partial charge in [-0.2, -0.15) is 5.10 Å². The molecule has 2 aromatic rings. The van der Waals surface area contributed by atoms with Gasteiger partial charge < -0.3 is 10.1 Å². The number of aryl methyl sites for hydroxylation is 1. The average Bonchev–Trinajstić information content (AvgIpc) is 2.81. The van der Waals surface area contributed by atoms with E-state index < -0.39 is 0 Å². The maximum Gasteiger partial charge on any atom is 0.161 e. The maximum atomic E-state index is 5.42. The van der Waals surface area contributed by atoms with Crippen LogP contribution in [0.1, 0.15) is 30.6 Å². The minimum absolute atomic E-state index is 0.00222. The summed E-state index contributed by atoms with van der Waals surface area (Å²) in [6.45, 7) is 3.05. The van der Waals surface area contributed by atoms with E-state index in [-0.39, 0.29) is 6.04 Å². The van der Waals surface area contributed by atoms with Gasteiger partial charge in [0.25, 0.3) is 0 Å². The third-order valence-corrected chi connectivity index (χ3v) is 3.53. The van der Waals surface area contributed by atoms with Crippen LogP contribution in [0.2, 0.25) is 0 Å². The third kappa shape index (κ3) is 3.19. The Balaban J connectivity index is 2.44. The monoisotopic (exact) mass is 338 g/mol. The van der Waals surface area contributed by atoms with E-state index in [4.69, 9.17) is 4.74 Å². The fourth-order valence-corrected chi connectivity index (χ4v) is 2.54. The summed E-state index contributed by atoms with van der Waals surface area (Å²) in [6.07, 6.45) is 6.44. The van der Waals surface area contributed by atoms with E-state index in [1.807, 2.05) is 17.9 Å². The molecule has 0 aliphatic carbocycles.